The van der Waals surface area contributed by atoms with Gasteiger partial charge in [0.25, 0.3) is 5.56 Å². The zero-order valence-corrected chi connectivity index (χ0v) is 16.7. The summed E-state index contributed by atoms with van der Waals surface area (Å²) in [4.78, 5) is 22.0. The molecule has 3 aromatic rings. The number of hydrogen-bond donors (Lipinski definition) is 0. The summed E-state index contributed by atoms with van der Waals surface area (Å²) in [5.41, 5.74) is 0.657. The van der Waals surface area contributed by atoms with Gasteiger partial charge >= 0.3 is 0 Å². The summed E-state index contributed by atoms with van der Waals surface area (Å²) < 4.78 is 12.2. The Balaban J connectivity index is 1.84. The number of ether oxygens (including phenoxy) is 1. The summed E-state index contributed by atoms with van der Waals surface area (Å²) in [6.45, 7) is 5.37. The number of fused-ring (bicyclic) bond motifs is 1. The molecule has 0 spiro atoms. The molecule has 0 amide bonds. The summed E-state index contributed by atoms with van der Waals surface area (Å²) in [5.74, 6) is 2.20. The van der Waals surface area contributed by atoms with Crippen LogP contribution < -0.4 is 5.56 Å². The number of para-hydroxylation sites is 1. The Morgan fingerprint density at radius 3 is 2.85 bits per heavy atom. The van der Waals surface area contributed by atoms with E-state index in [2.05, 4.69) is 29.0 Å². The van der Waals surface area contributed by atoms with Crippen molar-refractivity contribution in [3.63, 3.8) is 0 Å². The van der Waals surface area contributed by atoms with E-state index in [1.54, 1.807) is 11.7 Å². The SMILES string of the molecule is COCCCn1c(SCc2nc(CC(C)C)no2)nc2ccccc2c1=O. The van der Waals surface area contributed by atoms with Crippen molar-refractivity contribution in [2.45, 2.75) is 44.1 Å². The molecule has 3 rings (SSSR count). The molecule has 0 saturated heterocycles. The van der Waals surface area contributed by atoms with Crippen molar-refractivity contribution in [1.82, 2.24) is 19.7 Å². The predicted molar refractivity (Wildman–Crippen MR) is 105 cm³/mol. The highest BCUT2D eigenvalue weighted by Gasteiger charge is 2.14. The second-order valence-corrected chi connectivity index (χ2v) is 7.65. The van der Waals surface area contributed by atoms with Gasteiger partial charge in [0.15, 0.2) is 11.0 Å². The third-order valence-electron chi connectivity index (χ3n) is 3.98. The van der Waals surface area contributed by atoms with E-state index >= 15 is 0 Å². The largest absolute Gasteiger partial charge is 0.385 e. The molecule has 7 nitrogen and oxygen atoms in total. The minimum Gasteiger partial charge on any atom is -0.385 e. The topological polar surface area (TPSA) is 83.0 Å². The summed E-state index contributed by atoms with van der Waals surface area (Å²) in [5, 5.41) is 5.29. The van der Waals surface area contributed by atoms with E-state index < -0.39 is 0 Å². The molecule has 2 aromatic heterocycles. The second kappa shape index (κ2) is 9.14. The highest BCUT2D eigenvalue weighted by Crippen LogP contribution is 2.22. The van der Waals surface area contributed by atoms with Gasteiger partial charge in [-0.05, 0) is 24.5 Å². The lowest BCUT2D eigenvalue weighted by Gasteiger charge is -2.12. The quantitative estimate of drug-likeness (QED) is 0.316. The highest BCUT2D eigenvalue weighted by molar-refractivity contribution is 7.98. The van der Waals surface area contributed by atoms with Crippen molar-refractivity contribution in [2.75, 3.05) is 13.7 Å². The van der Waals surface area contributed by atoms with E-state index in [-0.39, 0.29) is 5.56 Å². The van der Waals surface area contributed by atoms with E-state index in [4.69, 9.17) is 9.26 Å². The number of methoxy groups -OCH3 is 1. The van der Waals surface area contributed by atoms with Crippen LogP contribution in [0.1, 0.15) is 32.0 Å². The highest BCUT2D eigenvalue weighted by atomic mass is 32.2. The van der Waals surface area contributed by atoms with Gasteiger partial charge in [-0.15, -0.1) is 0 Å². The number of nitrogens with zero attached hydrogens (tertiary/aromatic N) is 4. The average Bonchev–Trinajstić information content (AvgIpc) is 3.09. The Bertz CT molecular complexity index is 952. The van der Waals surface area contributed by atoms with Crippen molar-refractivity contribution in [2.24, 2.45) is 5.92 Å². The molecule has 27 heavy (non-hydrogen) atoms. The van der Waals surface area contributed by atoms with Gasteiger partial charge in [0, 0.05) is 26.7 Å². The van der Waals surface area contributed by atoms with Crippen LogP contribution >= 0.6 is 11.8 Å². The van der Waals surface area contributed by atoms with Crippen LogP contribution in [0.25, 0.3) is 10.9 Å². The van der Waals surface area contributed by atoms with Gasteiger partial charge in [-0.25, -0.2) is 4.98 Å². The smallest absolute Gasteiger partial charge is 0.262 e. The molecule has 0 atom stereocenters. The van der Waals surface area contributed by atoms with Gasteiger partial charge in [0.2, 0.25) is 5.89 Å². The lowest BCUT2D eigenvalue weighted by atomic mass is 10.1. The first-order valence-corrected chi connectivity index (χ1v) is 10.00. The predicted octanol–water partition coefficient (Wildman–Crippen LogP) is 3.31. The molecule has 2 heterocycles. The Hall–Kier alpha value is -2.19. The van der Waals surface area contributed by atoms with E-state index in [1.807, 2.05) is 24.3 Å². The Morgan fingerprint density at radius 2 is 2.07 bits per heavy atom. The molecule has 0 bridgehead atoms. The van der Waals surface area contributed by atoms with Gasteiger partial charge in [0.1, 0.15) is 0 Å². The van der Waals surface area contributed by atoms with E-state index in [9.17, 15) is 4.79 Å². The summed E-state index contributed by atoms with van der Waals surface area (Å²) in [6.07, 6.45) is 1.52. The number of aromatic nitrogens is 4. The van der Waals surface area contributed by atoms with Gasteiger partial charge < -0.3 is 9.26 Å². The molecule has 0 aliphatic heterocycles. The molecular formula is C19H24N4O3S. The first kappa shape index (κ1) is 19.6. The Kier molecular flexibility index (Phi) is 6.63. The number of thioether (sulfide) groups is 1. The second-order valence-electron chi connectivity index (χ2n) is 6.71. The minimum absolute atomic E-state index is 0.0368. The maximum absolute atomic E-state index is 12.9. The molecule has 144 valence electrons. The molecule has 0 unspecified atom stereocenters. The van der Waals surface area contributed by atoms with Crippen LogP contribution in [0.15, 0.2) is 38.7 Å². The van der Waals surface area contributed by atoms with E-state index in [1.165, 1.54) is 11.8 Å². The molecule has 0 radical (unpaired) electrons. The van der Waals surface area contributed by atoms with Crippen LogP contribution in [0.4, 0.5) is 0 Å². The zero-order chi connectivity index (χ0) is 19.2. The number of hydrogen-bond acceptors (Lipinski definition) is 7. The third kappa shape index (κ3) is 4.95. The Labute approximate surface area is 162 Å². The fraction of sp³-hybridized carbons (Fsp3) is 0.474. The van der Waals surface area contributed by atoms with Crippen LogP contribution in [-0.2, 0) is 23.5 Å². The monoisotopic (exact) mass is 388 g/mol. The van der Waals surface area contributed by atoms with Crippen molar-refractivity contribution in [3.05, 3.63) is 46.3 Å². The average molecular weight is 388 g/mol. The normalized spacial score (nSPS) is 11.6. The first-order chi connectivity index (χ1) is 13.1. The van der Waals surface area contributed by atoms with Gasteiger partial charge in [-0.3, -0.25) is 9.36 Å². The summed E-state index contributed by atoms with van der Waals surface area (Å²) >= 11 is 1.43. The van der Waals surface area contributed by atoms with Crippen LogP contribution in [0.3, 0.4) is 0 Å². The van der Waals surface area contributed by atoms with E-state index in [0.29, 0.717) is 52.6 Å². The van der Waals surface area contributed by atoms with Crippen molar-refractivity contribution in [3.8, 4) is 0 Å². The fourth-order valence-electron chi connectivity index (χ4n) is 2.75. The standard InChI is InChI=1S/C19H24N4O3S/c1-13(2)11-16-21-17(26-22-16)12-27-19-20-15-8-5-4-7-14(15)18(24)23(19)9-6-10-25-3/h4-5,7-8,13H,6,9-12H2,1-3H3. The molecule has 0 fully saturated rings. The fourth-order valence-corrected chi connectivity index (χ4v) is 3.61. The molecule has 0 saturated carbocycles. The summed E-state index contributed by atoms with van der Waals surface area (Å²) in [6, 6.07) is 7.40. The van der Waals surface area contributed by atoms with Crippen LogP contribution in [0.5, 0.6) is 0 Å². The van der Waals surface area contributed by atoms with E-state index in [0.717, 1.165) is 12.8 Å². The number of benzene rings is 1. The lowest BCUT2D eigenvalue weighted by molar-refractivity contribution is 0.189. The van der Waals surface area contributed by atoms with Crippen molar-refractivity contribution in [1.29, 1.82) is 0 Å². The molecule has 8 heteroatoms. The number of rotatable bonds is 9. The minimum atomic E-state index is -0.0368. The van der Waals surface area contributed by atoms with Gasteiger partial charge in [-0.2, -0.15) is 4.98 Å². The van der Waals surface area contributed by atoms with Crippen molar-refractivity contribution >= 4 is 22.7 Å². The molecular weight excluding hydrogens is 364 g/mol. The molecule has 1 aromatic carbocycles. The molecule has 0 N–H and O–H groups in total. The zero-order valence-electron chi connectivity index (χ0n) is 15.8. The Morgan fingerprint density at radius 1 is 1.26 bits per heavy atom. The van der Waals surface area contributed by atoms with Gasteiger partial charge in [0.05, 0.1) is 16.7 Å². The lowest BCUT2D eigenvalue weighted by Crippen LogP contribution is -2.24. The van der Waals surface area contributed by atoms with Crippen LogP contribution in [-0.4, -0.2) is 33.4 Å². The first-order valence-electron chi connectivity index (χ1n) is 9.01. The summed E-state index contributed by atoms with van der Waals surface area (Å²) in [7, 11) is 1.65. The molecule has 0 aliphatic carbocycles. The van der Waals surface area contributed by atoms with Crippen molar-refractivity contribution < 1.29 is 9.26 Å². The third-order valence-corrected chi connectivity index (χ3v) is 4.94. The van der Waals surface area contributed by atoms with Crippen LogP contribution in [0.2, 0.25) is 0 Å². The maximum atomic E-state index is 12.9. The van der Waals surface area contributed by atoms with Crippen LogP contribution in [0, 0.1) is 5.92 Å². The molecule has 0 aliphatic rings. The van der Waals surface area contributed by atoms with Gasteiger partial charge in [-0.1, -0.05) is 42.9 Å². The maximum Gasteiger partial charge on any atom is 0.262 e.